The van der Waals surface area contributed by atoms with E-state index in [1.165, 1.54) is 0 Å². The van der Waals surface area contributed by atoms with Crippen LogP contribution in [0.3, 0.4) is 0 Å². The maximum atomic E-state index is 10.5. The summed E-state index contributed by atoms with van der Waals surface area (Å²) in [6.07, 6.45) is -5.15. The molecular formula is C15H20O7. The molecule has 6 atom stereocenters. The SMILES string of the molecule is OC[C@H](O)[C@H]1OCO[C@@H]2COC(c3ccccc3)O[C@H]2[C@@H]1O. The largest absolute Gasteiger partial charge is 0.394 e. The van der Waals surface area contributed by atoms with Gasteiger partial charge in [-0.2, -0.15) is 0 Å². The highest BCUT2D eigenvalue weighted by atomic mass is 16.7. The Morgan fingerprint density at radius 2 is 1.91 bits per heavy atom. The molecule has 1 aromatic carbocycles. The molecule has 2 aliphatic rings. The first-order chi connectivity index (χ1) is 10.7. The third-order valence-corrected chi connectivity index (χ3v) is 3.91. The van der Waals surface area contributed by atoms with Crippen LogP contribution in [-0.4, -0.2) is 65.8 Å². The predicted molar refractivity (Wildman–Crippen MR) is 73.7 cm³/mol. The van der Waals surface area contributed by atoms with Crippen molar-refractivity contribution in [3.63, 3.8) is 0 Å². The Morgan fingerprint density at radius 1 is 1.14 bits per heavy atom. The van der Waals surface area contributed by atoms with Crippen molar-refractivity contribution in [2.45, 2.75) is 36.8 Å². The molecule has 2 saturated heterocycles. The first-order valence-corrected chi connectivity index (χ1v) is 7.23. The molecular weight excluding hydrogens is 292 g/mol. The minimum Gasteiger partial charge on any atom is -0.394 e. The van der Waals surface area contributed by atoms with Crippen molar-refractivity contribution in [1.82, 2.24) is 0 Å². The Bertz CT molecular complexity index is 468. The Labute approximate surface area is 128 Å². The van der Waals surface area contributed by atoms with Crippen LogP contribution >= 0.6 is 0 Å². The number of rotatable bonds is 3. The molecule has 0 bridgehead atoms. The molecule has 0 aromatic heterocycles. The Morgan fingerprint density at radius 3 is 2.64 bits per heavy atom. The molecule has 1 unspecified atom stereocenters. The molecule has 0 aliphatic carbocycles. The van der Waals surface area contributed by atoms with E-state index < -0.39 is 43.4 Å². The average Bonchev–Trinajstić information content (AvgIpc) is 2.74. The van der Waals surface area contributed by atoms with E-state index in [-0.39, 0.29) is 13.4 Å². The first kappa shape index (κ1) is 15.8. The summed E-state index contributed by atoms with van der Waals surface area (Å²) in [5.74, 6) is 0. The summed E-state index contributed by atoms with van der Waals surface area (Å²) < 4.78 is 22.2. The van der Waals surface area contributed by atoms with Crippen molar-refractivity contribution in [2.75, 3.05) is 20.0 Å². The number of aliphatic hydroxyl groups excluding tert-OH is 3. The van der Waals surface area contributed by atoms with Gasteiger partial charge in [-0.15, -0.1) is 0 Å². The highest BCUT2D eigenvalue weighted by molar-refractivity contribution is 5.16. The monoisotopic (exact) mass is 312 g/mol. The number of hydrogen-bond acceptors (Lipinski definition) is 7. The zero-order valence-corrected chi connectivity index (χ0v) is 11.9. The van der Waals surface area contributed by atoms with Crippen molar-refractivity contribution in [2.24, 2.45) is 0 Å². The van der Waals surface area contributed by atoms with E-state index in [9.17, 15) is 10.2 Å². The number of hydrogen-bond donors (Lipinski definition) is 3. The Balaban J connectivity index is 1.76. The van der Waals surface area contributed by atoms with E-state index in [0.717, 1.165) is 5.56 Å². The van der Waals surface area contributed by atoms with Gasteiger partial charge in [0.25, 0.3) is 0 Å². The number of aliphatic hydroxyl groups is 3. The van der Waals surface area contributed by atoms with Gasteiger partial charge >= 0.3 is 0 Å². The Hall–Kier alpha value is -1.06. The molecule has 7 heteroatoms. The maximum absolute atomic E-state index is 10.5. The van der Waals surface area contributed by atoms with Gasteiger partial charge in [0, 0.05) is 5.56 Å². The zero-order valence-electron chi connectivity index (χ0n) is 11.9. The number of benzene rings is 1. The fraction of sp³-hybridized carbons (Fsp3) is 0.600. The lowest BCUT2D eigenvalue weighted by atomic mass is 9.98. The molecule has 0 radical (unpaired) electrons. The van der Waals surface area contributed by atoms with E-state index >= 15 is 0 Å². The van der Waals surface area contributed by atoms with E-state index in [2.05, 4.69) is 0 Å². The number of fused-ring (bicyclic) bond motifs is 1. The van der Waals surface area contributed by atoms with E-state index in [1.807, 2.05) is 30.3 Å². The lowest BCUT2D eigenvalue weighted by Gasteiger charge is -2.38. The van der Waals surface area contributed by atoms with Gasteiger partial charge in [-0.1, -0.05) is 30.3 Å². The summed E-state index contributed by atoms with van der Waals surface area (Å²) in [6, 6.07) is 9.36. The quantitative estimate of drug-likeness (QED) is 0.696. The van der Waals surface area contributed by atoms with Crippen molar-refractivity contribution in [3.05, 3.63) is 35.9 Å². The van der Waals surface area contributed by atoms with Crippen LogP contribution in [0.1, 0.15) is 11.9 Å². The van der Waals surface area contributed by atoms with Gasteiger partial charge in [0.05, 0.1) is 13.2 Å². The molecule has 3 N–H and O–H groups in total. The fourth-order valence-electron chi connectivity index (χ4n) is 2.71. The highest BCUT2D eigenvalue weighted by Gasteiger charge is 2.45. The van der Waals surface area contributed by atoms with Crippen LogP contribution in [0.2, 0.25) is 0 Å². The minimum absolute atomic E-state index is 0.108. The first-order valence-electron chi connectivity index (χ1n) is 7.23. The summed E-state index contributed by atoms with van der Waals surface area (Å²) in [6.45, 7) is -0.382. The van der Waals surface area contributed by atoms with Gasteiger partial charge in [0.1, 0.15) is 37.3 Å². The molecule has 3 rings (SSSR count). The molecule has 2 aliphatic heterocycles. The van der Waals surface area contributed by atoms with Crippen LogP contribution < -0.4 is 0 Å². The molecule has 1 aromatic rings. The third-order valence-electron chi connectivity index (χ3n) is 3.91. The van der Waals surface area contributed by atoms with Gasteiger partial charge in [0.2, 0.25) is 0 Å². The van der Waals surface area contributed by atoms with Crippen LogP contribution in [0.15, 0.2) is 30.3 Å². The lowest BCUT2D eigenvalue weighted by molar-refractivity contribution is -0.280. The summed E-state index contributed by atoms with van der Waals surface area (Å²) >= 11 is 0. The highest BCUT2D eigenvalue weighted by Crippen LogP contribution is 2.32. The standard InChI is InChI=1S/C15H20O7/c16-6-10(17)13-12(18)14-11(20-8-21-13)7-19-15(22-14)9-4-2-1-3-5-9/h1-5,10-18H,6-8H2/t10-,11+,12+,13+,14+,15?/m0/s1. The number of ether oxygens (including phenoxy) is 4. The molecule has 7 nitrogen and oxygen atoms in total. The van der Waals surface area contributed by atoms with Gasteiger partial charge in [-0.3, -0.25) is 0 Å². The molecule has 0 spiro atoms. The summed E-state index contributed by atoms with van der Waals surface area (Å²) in [4.78, 5) is 0. The maximum Gasteiger partial charge on any atom is 0.184 e. The molecule has 0 saturated carbocycles. The minimum atomic E-state index is -1.21. The van der Waals surface area contributed by atoms with Crippen molar-refractivity contribution in [3.8, 4) is 0 Å². The molecule has 0 amide bonds. The van der Waals surface area contributed by atoms with E-state index in [0.29, 0.717) is 0 Å². The van der Waals surface area contributed by atoms with Gasteiger partial charge in [-0.25, -0.2) is 0 Å². The normalized spacial score (nSPS) is 37.1. The van der Waals surface area contributed by atoms with E-state index in [1.54, 1.807) is 0 Å². The van der Waals surface area contributed by atoms with Crippen LogP contribution in [0, 0.1) is 0 Å². The van der Waals surface area contributed by atoms with Gasteiger partial charge in [0.15, 0.2) is 6.29 Å². The van der Waals surface area contributed by atoms with Crippen LogP contribution in [0.5, 0.6) is 0 Å². The second kappa shape index (κ2) is 7.01. The third kappa shape index (κ3) is 3.16. The van der Waals surface area contributed by atoms with Crippen LogP contribution in [0.25, 0.3) is 0 Å². The van der Waals surface area contributed by atoms with Crippen molar-refractivity contribution >= 4 is 0 Å². The fourth-order valence-corrected chi connectivity index (χ4v) is 2.71. The smallest absolute Gasteiger partial charge is 0.184 e. The Kier molecular flexibility index (Phi) is 5.04. The molecule has 2 heterocycles. The second-order valence-corrected chi connectivity index (χ2v) is 5.37. The van der Waals surface area contributed by atoms with Crippen molar-refractivity contribution in [1.29, 1.82) is 0 Å². The summed E-state index contributed by atoms with van der Waals surface area (Å²) in [5, 5.41) is 29.3. The zero-order chi connectivity index (χ0) is 15.5. The van der Waals surface area contributed by atoms with Gasteiger partial charge in [-0.05, 0) is 0 Å². The molecule has 2 fully saturated rings. The topological polar surface area (TPSA) is 97.6 Å². The van der Waals surface area contributed by atoms with Crippen molar-refractivity contribution < 1.29 is 34.3 Å². The van der Waals surface area contributed by atoms with Crippen LogP contribution in [-0.2, 0) is 18.9 Å². The average molecular weight is 312 g/mol. The summed E-state index contributed by atoms with van der Waals surface area (Å²) in [5.41, 5.74) is 0.831. The van der Waals surface area contributed by atoms with Crippen LogP contribution in [0.4, 0.5) is 0 Å². The summed E-state index contributed by atoms with van der Waals surface area (Å²) in [7, 11) is 0. The predicted octanol–water partition coefficient (Wildman–Crippen LogP) is -0.444. The van der Waals surface area contributed by atoms with Gasteiger partial charge < -0.3 is 34.3 Å². The second-order valence-electron chi connectivity index (χ2n) is 5.37. The molecule has 22 heavy (non-hydrogen) atoms. The lowest BCUT2D eigenvalue weighted by Crippen LogP contribution is -2.53. The molecule has 122 valence electrons. The van der Waals surface area contributed by atoms with E-state index in [4.69, 9.17) is 24.1 Å².